The van der Waals surface area contributed by atoms with Gasteiger partial charge in [-0.3, -0.25) is 0 Å². The molecule has 1 atom stereocenters. The molecule has 0 saturated heterocycles. The quantitative estimate of drug-likeness (QED) is 0.236. The van der Waals surface area contributed by atoms with Gasteiger partial charge in [0.25, 0.3) is 0 Å². The first-order chi connectivity index (χ1) is 16.8. The van der Waals surface area contributed by atoms with E-state index in [0.717, 1.165) is 34.4 Å². The number of carbonyl (C=O) groups is 1. The van der Waals surface area contributed by atoms with Gasteiger partial charge in [-0.05, 0) is 80.3 Å². The average molecular weight is 491 g/mol. The Morgan fingerprint density at radius 1 is 1.03 bits per heavy atom. The number of rotatable bonds is 12. The maximum atomic E-state index is 12.9. The molecule has 0 heterocycles. The number of hydrogen-bond acceptors (Lipinski definition) is 4. The molecule has 1 aliphatic carbocycles. The fraction of sp³-hybridized carbons (Fsp3) is 0.464. The van der Waals surface area contributed by atoms with Crippen LogP contribution >= 0.6 is 0 Å². The summed E-state index contributed by atoms with van der Waals surface area (Å²) in [6.45, 7) is 4.19. The lowest BCUT2D eigenvalue weighted by Crippen LogP contribution is -2.31. The zero-order valence-electron chi connectivity index (χ0n) is 20.3. The minimum absolute atomic E-state index is 0.0292. The van der Waals surface area contributed by atoms with Crippen LogP contribution in [0.4, 0.5) is 13.2 Å². The summed E-state index contributed by atoms with van der Waals surface area (Å²) in [5, 5.41) is 0. The highest BCUT2D eigenvalue weighted by molar-refractivity contribution is 5.98. The Morgan fingerprint density at radius 3 is 2.51 bits per heavy atom. The summed E-state index contributed by atoms with van der Waals surface area (Å²) in [6, 6.07) is 15.9. The minimum atomic E-state index is -4.35. The van der Waals surface area contributed by atoms with Crippen molar-refractivity contribution in [1.29, 1.82) is 0 Å². The first-order valence-electron chi connectivity index (χ1n) is 12.1. The van der Waals surface area contributed by atoms with Gasteiger partial charge < -0.3 is 14.2 Å². The van der Waals surface area contributed by atoms with E-state index in [2.05, 4.69) is 0 Å². The van der Waals surface area contributed by atoms with Crippen molar-refractivity contribution < 1.29 is 32.2 Å². The topological polar surface area (TPSA) is 44.8 Å². The molecule has 0 saturated carbocycles. The van der Waals surface area contributed by atoms with Gasteiger partial charge in [-0.25, -0.2) is 4.79 Å². The largest absolute Gasteiger partial charge is 0.489 e. The second kappa shape index (κ2) is 12.8. The predicted molar refractivity (Wildman–Crippen MR) is 129 cm³/mol. The fourth-order valence-corrected chi connectivity index (χ4v) is 4.24. The smallest absolute Gasteiger partial charge is 0.414 e. The van der Waals surface area contributed by atoms with Crippen molar-refractivity contribution in [2.75, 3.05) is 13.2 Å². The number of aryl methyl sites for hydroxylation is 1. The van der Waals surface area contributed by atoms with Crippen LogP contribution in [0.5, 0.6) is 5.75 Å². The van der Waals surface area contributed by atoms with E-state index >= 15 is 0 Å². The monoisotopic (exact) mass is 490 g/mol. The van der Waals surface area contributed by atoms with Gasteiger partial charge in [0.15, 0.2) is 6.10 Å². The molecule has 0 bridgehead atoms. The molecule has 0 radical (unpaired) electrons. The van der Waals surface area contributed by atoms with Crippen LogP contribution in [0.25, 0.3) is 5.57 Å². The van der Waals surface area contributed by atoms with Crippen LogP contribution in [0.2, 0.25) is 0 Å². The molecule has 1 aliphatic rings. The van der Waals surface area contributed by atoms with Crippen molar-refractivity contribution >= 4 is 11.5 Å². The van der Waals surface area contributed by atoms with E-state index in [1.807, 2.05) is 55.5 Å². The van der Waals surface area contributed by atoms with Gasteiger partial charge in [0.2, 0.25) is 0 Å². The maximum absolute atomic E-state index is 12.9. The summed E-state index contributed by atoms with van der Waals surface area (Å²) in [5.41, 5.74) is 4.81. The van der Waals surface area contributed by atoms with E-state index < -0.39 is 12.3 Å². The van der Waals surface area contributed by atoms with E-state index in [1.54, 1.807) is 6.92 Å². The first-order valence-corrected chi connectivity index (χ1v) is 12.1. The van der Waals surface area contributed by atoms with Crippen LogP contribution in [0.3, 0.4) is 0 Å². The molecule has 2 aromatic carbocycles. The van der Waals surface area contributed by atoms with E-state index in [9.17, 15) is 18.0 Å². The Hall–Kier alpha value is -2.80. The van der Waals surface area contributed by atoms with E-state index in [0.29, 0.717) is 37.9 Å². The van der Waals surface area contributed by atoms with Gasteiger partial charge in [-0.15, -0.1) is 0 Å². The van der Waals surface area contributed by atoms with Crippen LogP contribution < -0.4 is 4.74 Å². The molecule has 0 unspecified atom stereocenters. The molecule has 0 aromatic heterocycles. The van der Waals surface area contributed by atoms with Crippen LogP contribution in [-0.2, 0) is 27.3 Å². The van der Waals surface area contributed by atoms with Gasteiger partial charge in [-0.2, -0.15) is 13.2 Å². The van der Waals surface area contributed by atoms with Gasteiger partial charge in [-0.1, -0.05) is 42.8 Å². The van der Waals surface area contributed by atoms with Crippen LogP contribution in [-0.4, -0.2) is 31.5 Å². The van der Waals surface area contributed by atoms with Crippen LogP contribution in [0.1, 0.15) is 62.6 Å². The lowest BCUT2D eigenvalue weighted by Gasteiger charge is -2.21. The lowest BCUT2D eigenvalue weighted by atomic mass is 9.86. The maximum Gasteiger partial charge on any atom is 0.414 e. The SMILES string of the molecule is CCO[C@H](CCCCCOC(=O)C1=C(C)c2ccc(OCc3ccccc3)cc2CC1)C(F)(F)F. The molecule has 0 N–H and O–H groups in total. The summed E-state index contributed by atoms with van der Waals surface area (Å²) >= 11 is 0. The van der Waals surface area contributed by atoms with Crippen molar-refractivity contribution in [3.63, 3.8) is 0 Å². The van der Waals surface area contributed by atoms with Gasteiger partial charge in [0.05, 0.1) is 6.61 Å². The Bertz CT molecular complexity index is 999. The molecular formula is C28H33F3O4. The number of esters is 1. The van der Waals surface area contributed by atoms with Gasteiger partial charge >= 0.3 is 12.1 Å². The molecular weight excluding hydrogens is 457 g/mol. The van der Waals surface area contributed by atoms with Gasteiger partial charge in [0, 0.05) is 12.2 Å². The Labute approximate surface area is 205 Å². The third kappa shape index (κ3) is 7.85. The third-order valence-corrected chi connectivity index (χ3v) is 6.15. The molecule has 0 fully saturated rings. The molecule has 190 valence electrons. The molecule has 0 amide bonds. The zero-order chi connectivity index (χ0) is 25.3. The van der Waals surface area contributed by atoms with E-state index in [-0.39, 0.29) is 25.6 Å². The van der Waals surface area contributed by atoms with E-state index in [1.165, 1.54) is 0 Å². The highest BCUT2D eigenvalue weighted by atomic mass is 19.4. The molecule has 2 aromatic rings. The molecule has 0 spiro atoms. The fourth-order valence-electron chi connectivity index (χ4n) is 4.24. The van der Waals surface area contributed by atoms with Crippen molar-refractivity contribution in [3.8, 4) is 5.75 Å². The second-order valence-corrected chi connectivity index (χ2v) is 8.67. The van der Waals surface area contributed by atoms with Crippen LogP contribution in [0, 0.1) is 0 Å². The van der Waals surface area contributed by atoms with Crippen LogP contribution in [0.15, 0.2) is 54.1 Å². The Balaban J connectivity index is 1.47. The highest BCUT2D eigenvalue weighted by Crippen LogP contribution is 2.34. The van der Waals surface area contributed by atoms with Crippen molar-refractivity contribution in [1.82, 2.24) is 0 Å². The zero-order valence-corrected chi connectivity index (χ0v) is 20.3. The summed E-state index contributed by atoms with van der Waals surface area (Å²) in [5.74, 6) is 0.448. The molecule has 3 rings (SSSR count). The minimum Gasteiger partial charge on any atom is -0.489 e. The number of alkyl halides is 3. The van der Waals surface area contributed by atoms with Crippen molar-refractivity contribution in [2.24, 2.45) is 0 Å². The number of hydrogen-bond donors (Lipinski definition) is 0. The number of ether oxygens (including phenoxy) is 3. The Morgan fingerprint density at radius 2 is 1.80 bits per heavy atom. The second-order valence-electron chi connectivity index (χ2n) is 8.67. The molecule has 35 heavy (non-hydrogen) atoms. The molecule has 0 aliphatic heterocycles. The van der Waals surface area contributed by atoms with Crippen molar-refractivity contribution in [3.05, 3.63) is 70.8 Å². The summed E-state index contributed by atoms with van der Waals surface area (Å²) < 4.78 is 54.7. The number of unbranched alkanes of at least 4 members (excludes halogenated alkanes) is 2. The normalized spacial score (nSPS) is 14.4. The van der Waals surface area contributed by atoms with E-state index in [4.69, 9.17) is 14.2 Å². The molecule has 7 heteroatoms. The lowest BCUT2D eigenvalue weighted by molar-refractivity contribution is -0.221. The Kier molecular flexibility index (Phi) is 9.78. The first kappa shape index (κ1) is 26.8. The number of allylic oxidation sites excluding steroid dienone is 1. The average Bonchev–Trinajstić information content (AvgIpc) is 2.84. The number of carbonyl (C=O) groups excluding carboxylic acids is 1. The molecule has 4 nitrogen and oxygen atoms in total. The number of benzene rings is 2. The van der Waals surface area contributed by atoms with Gasteiger partial charge in [0.1, 0.15) is 12.4 Å². The highest BCUT2D eigenvalue weighted by Gasteiger charge is 2.39. The summed E-state index contributed by atoms with van der Waals surface area (Å²) in [6.07, 6.45) is -3.42. The predicted octanol–water partition coefficient (Wildman–Crippen LogP) is 7.06. The number of halogens is 3. The summed E-state index contributed by atoms with van der Waals surface area (Å²) in [4.78, 5) is 12.6. The third-order valence-electron chi connectivity index (χ3n) is 6.15. The number of fused-ring (bicyclic) bond motifs is 1. The summed E-state index contributed by atoms with van der Waals surface area (Å²) in [7, 11) is 0. The standard InChI is InChI=1S/C28H33F3O4/c1-3-33-26(28(29,30)31)12-8-5-9-17-34-27(32)25-15-13-22-18-23(14-16-24(22)20(25)2)35-19-21-10-6-4-7-11-21/h4,6-7,10-11,14,16,18,26H,3,5,8-9,12-13,15,17,19H2,1-2H3/t26-/m1/s1. The van der Waals surface area contributed by atoms with Crippen molar-refractivity contribution in [2.45, 2.75) is 71.3 Å².